The number of unbranched alkanes of at least 4 members (excludes halogenated alkanes) is 2. The molecule has 18 heavy (non-hydrogen) atoms. The summed E-state index contributed by atoms with van der Waals surface area (Å²) in [6, 6.07) is 5.00. The largest absolute Gasteiger partial charge is 0.497 e. The molecule has 4 nitrogen and oxygen atoms in total. The van der Waals surface area contributed by atoms with Gasteiger partial charge in [0.25, 0.3) is 5.91 Å². The van der Waals surface area contributed by atoms with Gasteiger partial charge >= 0.3 is 0 Å². The zero-order valence-electron chi connectivity index (χ0n) is 10.5. The van der Waals surface area contributed by atoms with Crippen molar-refractivity contribution >= 4 is 11.6 Å². The Hall–Kier alpha value is -2.15. The first-order valence-electron chi connectivity index (χ1n) is 5.84. The number of hydrogen-bond donors (Lipinski definition) is 2. The Balaban J connectivity index is 2.49. The number of nitrogens with one attached hydrogen (secondary N) is 1. The Kier molecular flexibility index (Phi) is 5.59. The number of benzene rings is 1. The number of nitrogen functional groups attached to an aromatic ring is 1. The van der Waals surface area contributed by atoms with Gasteiger partial charge in [-0.15, -0.1) is 12.3 Å². The molecule has 0 aliphatic rings. The SMILES string of the molecule is C#CCCCCNC(=O)c1ccc(OC)cc1N. The van der Waals surface area contributed by atoms with Crippen LogP contribution < -0.4 is 15.8 Å². The predicted molar refractivity (Wildman–Crippen MR) is 72.4 cm³/mol. The number of carbonyl (C=O) groups is 1. The van der Waals surface area contributed by atoms with Crippen molar-refractivity contribution in [3.63, 3.8) is 0 Å². The van der Waals surface area contributed by atoms with Gasteiger partial charge in [0.05, 0.1) is 12.7 Å². The van der Waals surface area contributed by atoms with Crippen LogP contribution in [0, 0.1) is 12.3 Å². The van der Waals surface area contributed by atoms with Crippen LogP contribution in [-0.2, 0) is 0 Å². The summed E-state index contributed by atoms with van der Waals surface area (Å²) < 4.78 is 5.02. The number of amides is 1. The lowest BCUT2D eigenvalue weighted by molar-refractivity contribution is 0.0954. The van der Waals surface area contributed by atoms with E-state index in [4.69, 9.17) is 16.9 Å². The molecule has 0 atom stereocenters. The van der Waals surface area contributed by atoms with Crippen molar-refractivity contribution in [3.05, 3.63) is 23.8 Å². The van der Waals surface area contributed by atoms with E-state index in [0.29, 0.717) is 23.5 Å². The molecule has 0 fully saturated rings. The molecule has 0 bridgehead atoms. The van der Waals surface area contributed by atoms with Gasteiger partial charge in [-0.1, -0.05) is 0 Å². The molecule has 0 unspecified atom stereocenters. The van der Waals surface area contributed by atoms with Gasteiger partial charge in [0, 0.05) is 24.7 Å². The lowest BCUT2D eigenvalue weighted by Crippen LogP contribution is -2.25. The number of anilines is 1. The summed E-state index contributed by atoms with van der Waals surface area (Å²) in [5.41, 5.74) is 6.66. The average molecular weight is 246 g/mol. The normalized spacial score (nSPS) is 9.56. The number of ether oxygens (including phenoxy) is 1. The molecule has 4 heteroatoms. The summed E-state index contributed by atoms with van der Waals surface area (Å²) in [6.45, 7) is 0.603. The Morgan fingerprint density at radius 3 is 2.89 bits per heavy atom. The molecule has 0 aliphatic heterocycles. The monoisotopic (exact) mass is 246 g/mol. The highest BCUT2D eigenvalue weighted by atomic mass is 16.5. The van der Waals surface area contributed by atoms with Crippen LogP contribution >= 0.6 is 0 Å². The number of nitrogens with two attached hydrogens (primary N) is 1. The van der Waals surface area contributed by atoms with Crippen LogP contribution in [0.15, 0.2) is 18.2 Å². The van der Waals surface area contributed by atoms with Gasteiger partial charge in [0.15, 0.2) is 0 Å². The van der Waals surface area contributed by atoms with Gasteiger partial charge in [-0.25, -0.2) is 0 Å². The fourth-order valence-electron chi connectivity index (χ4n) is 1.52. The van der Waals surface area contributed by atoms with Crippen molar-refractivity contribution in [1.29, 1.82) is 0 Å². The minimum Gasteiger partial charge on any atom is -0.497 e. The fourth-order valence-corrected chi connectivity index (χ4v) is 1.52. The van der Waals surface area contributed by atoms with Crippen LogP contribution in [0.1, 0.15) is 29.6 Å². The standard InChI is InChI=1S/C14H18N2O2/c1-3-4-5-6-9-16-14(17)12-8-7-11(18-2)10-13(12)15/h1,7-8,10H,4-6,9,15H2,2H3,(H,16,17). The van der Waals surface area contributed by atoms with E-state index in [2.05, 4.69) is 11.2 Å². The highest BCUT2D eigenvalue weighted by Crippen LogP contribution is 2.19. The molecular weight excluding hydrogens is 228 g/mol. The first kappa shape index (κ1) is 13.9. The van der Waals surface area contributed by atoms with E-state index in [1.165, 1.54) is 0 Å². The third kappa shape index (κ3) is 4.02. The zero-order chi connectivity index (χ0) is 13.4. The average Bonchev–Trinajstić information content (AvgIpc) is 2.38. The molecule has 1 aromatic rings. The molecule has 1 aromatic carbocycles. The lowest BCUT2D eigenvalue weighted by Gasteiger charge is -2.08. The zero-order valence-corrected chi connectivity index (χ0v) is 10.5. The second-order valence-electron chi connectivity index (χ2n) is 3.87. The molecular formula is C14H18N2O2. The van der Waals surface area contributed by atoms with E-state index in [-0.39, 0.29) is 5.91 Å². The minimum atomic E-state index is -0.170. The Morgan fingerprint density at radius 1 is 1.50 bits per heavy atom. The Labute approximate surface area is 108 Å². The molecule has 0 saturated heterocycles. The molecule has 0 spiro atoms. The number of methoxy groups -OCH3 is 1. The van der Waals surface area contributed by atoms with Crippen LogP contribution in [0.4, 0.5) is 5.69 Å². The van der Waals surface area contributed by atoms with Crippen molar-refractivity contribution in [2.24, 2.45) is 0 Å². The number of terminal acetylenes is 1. The van der Waals surface area contributed by atoms with Crippen molar-refractivity contribution in [2.45, 2.75) is 19.3 Å². The van der Waals surface area contributed by atoms with E-state index in [0.717, 1.165) is 19.3 Å². The van der Waals surface area contributed by atoms with Crippen LogP contribution in [-0.4, -0.2) is 19.6 Å². The quantitative estimate of drug-likeness (QED) is 0.457. The predicted octanol–water partition coefficient (Wildman–Crippen LogP) is 1.81. The van der Waals surface area contributed by atoms with Gasteiger partial charge in [0.1, 0.15) is 5.75 Å². The van der Waals surface area contributed by atoms with E-state index in [1.54, 1.807) is 25.3 Å². The Bertz CT molecular complexity index is 450. The van der Waals surface area contributed by atoms with E-state index < -0.39 is 0 Å². The van der Waals surface area contributed by atoms with Crippen molar-refractivity contribution in [1.82, 2.24) is 5.32 Å². The lowest BCUT2D eigenvalue weighted by atomic mass is 10.1. The highest BCUT2D eigenvalue weighted by Gasteiger charge is 2.09. The second kappa shape index (κ2) is 7.23. The maximum atomic E-state index is 11.8. The van der Waals surface area contributed by atoms with Crippen LogP contribution in [0.2, 0.25) is 0 Å². The minimum absolute atomic E-state index is 0.170. The topological polar surface area (TPSA) is 64.3 Å². The summed E-state index contributed by atoms with van der Waals surface area (Å²) >= 11 is 0. The third-order valence-electron chi connectivity index (χ3n) is 2.54. The number of carbonyl (C=O) groups excluding carboxylic acids is 1. The van der Waals surface area contributed by atoms with Gasteiger partial charge in [0.2, 0.25) is 0 Å². The third-order valence-corrected chi connectivity index (χ3v) is 2.54. The van der Waals surface area contributed by atoms with Gasteiger partial charge in [-0.3, -0.25) is 4.79 Å². The summed E-state index contributed by atoms with van der Waals surface area (Å²) in [6.07, 6.45) is 7.66. The van der Waals surface area contributed by atoms with E-state index in [9.17, 15) is 4.79 Å². The molecule has 0 saturated carbocycles. The van der Waals surface area contributed by atoms with Crippen molar-refractivity contribution in [2.75, 3.05) is 19.4 Å². The van der Waals surface area contributed by atoms with Crippen LogP contribution in [0.3, 0.4) is 0 Å². The Morgan fingerprint density at radius 2 is 2.28 bits per heavy atom. The first-order valence-corrected chi connectivity index (χ1v) is 5.84. The number of hydrogen-bond acceptors (Lipinski definition) is 3. The molecule has 0 aliphatic carbocycles. The molecule has 3 N–H and O–H groups in total. The van der Waals surface area contributed by atoms with E-state index >= 15 is 0 Å². The maximum absolute atomic E-state index is 11.8. The summed E-state index contributed by atoms with van der Waals surface area (Å²) in [5.74, 6) is 3.03. The summed E-state index contributed by atoms with van der Waals surface area (Å²) in [7, 11) is 1.56. The fraction of sp³-hybridized carbons (Fsp3) is 0.357. The molecule has 0 heterocycles. The molecule has 0 radical (unpaired) electrons. The highest BCUT2D eigenvalue weighted by molar-refractivity contribution is 5.99. The molecule has 0 aromatic heterocycles. The van der Waals surface area contributed by atoms with Crippen LogP contribution in [0.25, 0.3) is 0 Å². The maximum Gasteiger partial charge on any atom is 0.253 e. The smallest absolute Gasteiger partial charge is 0.253 e. The summed E-state index contributed by atoms with van der Waals surface area (Å²) in [5, 5.41) is 2.81. The number of rotatable bonds is 6. The van der Waals surface area contributed by atoms with Crippen LogP contribution in [0.5, 0.6) is 5.75 Å². The van der Waals surface area contributed by atoms with Gasteiger partial charge in [-0.2, -0.15) is 0 Å². The van der Waals surface area contributed by atoms with Crippen molar-refractivity contribution < 1.29 is 9.53 Å². The summed E-state index contributed by atoms with van der Waals surface area (Å²) in [4.78, 5) is 11.8. The molecule has 96 valence electrons. The molecule has 1 amide bonds. The van der Waals surface area contributed by atoms with Gasteiger partial charge < -0.3 is 15.8 Å². The molecule has 1 rings (SSSR count). The second-order valence-corrected chi connectivity index (χ2v) is 3.87. The first-order chi connectivity index (χ1) is 8.69. The van der Waals surface area contributed by atoms with E-state index in [1.807, 2.05) is 0 Å². The van der Waals surface area contributed by atoms with Gasteiger partial charge in [-0.05, 0) is 25.0 Å². The van der Waals surface area contributed by atoms with Crippen molar-refractivity contribution in [3.8, 4) is 18.1 Å².